The standard InChI is InChI=1S/C41H25N5/c1-2-13-29(14-3-1)45-35-18-8-6-15-30(35)32-21-20-28(25-37(32)45)40-43-34-17-10-22-42-39(34)41(44-40)46-36-19-9-7-16-31(36)33-23-26-11-4-5-12-27(26)24-38(33)46/h1-25H/i1D,2D,3D,13D,14D. The fourth-order valence-electron chi connectivity index (χ4n) is 6.83. The maximum atomic E-state index is 8.83. The first-order valence-corrected chi connectivity index (χ1v) is 15.0. The number of aromatic nitrogens is 5. The highest BCUT2D eigenvalue weighted by atomic mass is 15.1. The van der Waals surface area contributed by atoms with Gasteiger partial charge < -0.3 is 4.57 Å². The summed E-state index contributed by atoms with van der Waals surface area (Å²) in [7, 11) is 0. The van der Waals surface area contributed by atoms with Crippen LogP contribution < -0.4 is 0 Å². The van der Waals surface area contributed by atoms with Gasteiger partial charge in [-0.15, -0.1) is 0 Å². The zero-order chi connectivity index (χ0) is 34.5. The number of fused-ring (bicyclic) bond motifs is 8. The van der Waals surface area contributed by atoms with Crippen molar-refractivity contribution in [2.45, 2.75) is 0 Å². The minimum Gasteiger partial charge on any atom is -0.309 e. The maximum absolute atomic E-state index is 8.83. The van der Waals surface area contributed by atoms with Crippen LogP contribution in [0.1, 0.15) is 6.85 Å². The predicted molar refractivity (Wildman–Crippen MR) is 189 cm³/mol. The molecule has 0 fully saturated rings. The Hall–Kier alpha value is -6.33. The van der Waals surface area contributed by atoms with Gasteiger partial charge in [-0.2, -0.15) is 0 Å². The summed E-state index contributed by atoms with van der Waals surface area (Å²) in [6.45, 7) is 0. The summed E-state index contributed by atoms with van der Waals surface area (Å²) in [5.41, 5.74) is 5.53. The monoisotopic (exact) mass is 592 g/mol. The van der Waals surface area contributed by atoms with Gasteiger partial charge in [-0.05, 0) is 65.3 Å². The number of pyridine rings is 1. The SMILES string of the molecule is [2H]c1c([2H])c([2H])c(-n2c3ccccc3c3ccc(-c4nc(-n5c6ccccc6c6cc7ccccc7cc65)c5ncccc5n4)cc32)c([2H])c1[2H]. The minimum atomic E-state index is -0.432. The Labute approximate surface area is 270 Å². The topological polar surface area (TPSA) is 48.5 Å². The van der Waals surface area contributed by atoms with Gasteiger partial charge in [0.15, 0.2) is 11.6 Å². The van der Waals surface area contributed by atoms with Gasteiger partial charge in [0.2, 0.25) is 0 Å². The van der Waals surface area contributed by atoms with Gasteiger partial charge in [-0.3, -0.25) is 9.55 Å². The van der Waals surface area contributed by atoms with Gasteiger partial charge in [0.1, 0.15) is 5.52 Å². The van der Waals surface area contributed by atoms with Crippen LogP contribution in [0.3, 0.4) is 0 Å². The van der Waals surface area contributed by atoms with E-state index in [1.807, 2.05) is 72.8 Å². The van der Waals surface area contributed by atoms with Gasteiger partial charge >= 0.3 is 0 Å². The molecule has 0 amide bonds. The third-order valence-corrected chi connectivity index (χ3v) is 8.83. The third-order valence-electron chi connectivity index (χ3n) is 8.83. The van der Waals surface area contributed by atoms with Crippen molar-refractivity contribution in [2.24, 2.45) is 0 Å². The molecule has 0 bridgehead atoms. The molecule has 4 heterocycles. The number of nitrogens with zero attached hydrogens (tertiary/aromatic N) is 5. The first-order valence-electron chi connectivity index (χ1n) is 17.5. The van der Waals surface area contributed by atoms with E-state index in [-0.39, 0.29) is 29.9 Å². The Balaban J connectivity index is 1.28. The number of rotatable bonds is 3. The molecular formula is C41H25N5. The Bertz CT molecular complexity index is 3080. The molecule has 0 atom stereocenters. The summed E-state index contributed by atoms with van der Waals surface area (Å²) in [6.07, 6.45) is 1.75. The van der Waals surface area contributed by atoms with Crippen LogP contribution in [0.25, 0.3) is 88.3 Å². The quantitative estimate of drug-likeness (QED) is 0.205. The summed E-state index contributed by atoms with van der Waals surface area (Å²) >= 11 is 0. The Morgan fingerprint density at radius 2 is 1.20 bits per heavy atom. The van der Waals surface area contributed by atoms with Crippen LogP contribution in [0.2, 0.25) is 0 Å². The molecule has 6 aromatic carbocycles. The van der Waals surface area contributed by atoms with Crippen molar-refractivity contribution < 1.29 is 6.85 Å². The molecular weight excluding hydrogens is 562 g/mol. The van der Waals surface area contributed by atoms with E-state index in [0.29, 0.717) is 33.8 Å². The second kappa shape index (κ2) is 9.58. The molecule has 0 aliphatic heterocycles. The van der Waals surface area contributed by atoms with E-state index in [4.69, 9.17) is 21.8 Å². The summed E-state index contributed by atoms with van der Waals surface area (Å²) < 4.78 is 46.6. The van der Waals surface area contributed by atoms with E-state index in [0.717, 1.165) is 48.9 Å². The van der Waals surface area contributed by atoms with Crippen molar-refractivity contribution >= 4 is 65.4 Å². The number of hydrogen-bond acceptors (Lipinski definition) is 3. The van der Waals surface area contributed by atoms with E-state index in [1.165, 1.54) is 0 Å². The predicted octanol–water partition coefficient (Wildman–Crippen LogP) is 10.0. The van der Waals surface area contributed by atoms with Gasteiger partial charge in [0.25, 0.3) is 0 Å². The van der Waals surface area contributed by atoms with E-state index in [1.54, 1.807) is 10.8 Å². The summed E-state index contributed by atoms with van der Waals surface area (Å²) in [5.74, 6) is 1.11. The molecule has 214 valence electrons. The zero-order valence-corrected chi connectivity index (χ0v) is 24.3. The minimum absolute atomic E-state index is 0.0891. The van der Waals surface area contributed by atoms with Crippen molar-refractivity contribution in [3.63, 3.8) is 0 Å². The Morgan fingerprint density at radius 1 is 0.522 bits per heavy atom. The van der Waals surface area contributed by atoms with Gasteiger partial charge in [0, 0.05) is 39.0 Å². The first-order chi connectivity index (χ1) is 24.9. The highest BCUT2D eigenvalue weighted by molar-refractivity contribution is 6.14. The average Bonchev–Trinajstić information content (AvgIpc) is 3.67. The molecule has 10 aromatic rings. The lowest BCUT2D eigenvalue weighted by Gasteiger charge is -2.13. The molecule has 0 unspecified atom stereocenters. The van der Waals surface area contributed by atoms with Crippen molar-refractivity contribution in [3.8, 4) is 22.9 Å². The number of hydrogen-bond donors (Lipinski definition) is 0. The summed E-state index contributed by atoms with van der Waals surface area (Å²) in [4.78, 5) is 15.0. The zero-order valence-electron chi connectivity index (χ0n) is 29.3. The first kappa shape index (κ1) is 20.6. The van der Waals surface area contributed by atoms with Crippen LogP contribution in [-0.2, 0) is 0 Å². The maximum Gasteiger partial charge on any atom is 0.168 e. The van der Waals surface area contributed by atoms with Crippen LogP contribution in [0.5, 0.6) is 0 Å². The molecule has 5 nitrogen and oxygen atoms in total. The van der Waals surface area contributed by atoms with Crippen LogP contribution in [0, 0.1) is 0 Å². The van der Waals surface area contributed by atoms with E-state index >= 15 is 0 Å². The van der Waals surface area contributed by atoms with Crippen molar-refractivity contribution in [2.75, 3.05) is 0 Å². The molecule has 0 spiro atoms. The smallest absolute Gasteiger partial charge is 0.168 e. The lowest BCUT2D eigenvalue weighted by atomic mass is 10.1. The molecule has 0 radical (unpaired) electrons. The Morgan fingerprint density at radius 3 is 2.02 bits per heavy atom. The molecule has 0 saturated carbocycles. The molecule has 0 N–H and O–H groups in total. The van der Waals surface area contributed by atoms with Crippen LogP contribution in [-0.4, -0.2) is 24.1 Å². The normalized spacial score (nSPS) is 13.4. The second-order valence-electron chi connectivity index (χ2n) is 11.4. The van der Waals surface area contributed by atoms with E-state index in [9.17, 15) is 0 Å². The fraction of sp³-hybridized carbons (Fsp3) is 0. The summed E-state index contributed by atoms with van der Waals surface area (Å²) in [5, 5.41) is 6.25. The van der Waals surface area contributed by atoms with Crippen LogP contribution >= 0.6 is 0 Å². The molecule has 5 heteroatoms. The van der Waals surface area contributed by atoms with Gasteiger partial charge in [-0.1, -0.05) is 90.9 Å². The molecule has 46 heavy (non-hydrogen) atoms. The van der Waals surface area contributed by atoms with Crippen LogP contribution in [0.4, 0.5) is 0 Å². The number of benzene rings is 6. The molecule has 4 aromatic heterocycles. The molecule has 0 aliphatic carbocycles. The van der Waals surface area contributed by atoms with Crippen molar-refractivity contribution in [1.82, 2.24) is 24.1 Å². The Kier molecular flexibility index (Phi) is 4.29. The van der Waals surface area contributed by atoms with E-state index < -0.39 is 6.04 Å². The number of para-hydroxylation sites is 3. The highest BCUT2D eigenvalue weighted by Crippen LogP contribution is 2.38. The van der Waals surface area contributed by atoms with E-state index in [2.05, 4.69) is 47.0 Å². The third kappa shape index (κ3) is 3.60. The second-order valence-corrected chi connectivity index (χ2v) is 11.4. The van der Waals surface area contributed by atoms with Crippen molar-refractivity contribution in [1.29, 1.82) is 0 Å². The molecule has 10 rings (SSSR count). The van der Waals surface area contributed by atoms with Crippen molar-refractivity contribution in [3.05, 3.63) is 152 Å². The summed E-state index contributed by atoms with van der Waals surface area (Å²) in [6, 6.07) is 36.7. The highest BCUT2D eigenvalue weighted by Gasteiger charge is 2.20. The van der Waals surface area contributed by atoms with Gasteiger partial charge in [-0.25, -0.2) is 9.97 Å². The van der Waals surface area contributed by atoms with Gasteiger partial charge in [0.05, 0.1) is 34.4 Å². The largest absolute Gasteiger partial charge is 0.309 e. The fourth-order valence-corrected chi connectivity index (χ4v) is 6.83. The average molecular weight is 593 g/mol. The van der Waals surface area contributed by atoms with Crippen LogP contribution in [0.15, 0.2) is 152 Å². The molecule has 0 saturated heterocycles. The molecule has 0 aliphatic rings. The lowest BCUT2D eigenvalue weighted by Crippen LogP contribution is -2.04. The lowest BCUT2D eigenvalue weighted by molar-refractivity contribution is 1.06.